The van der Waals surface area contributed by atoms with Crippen LogP contribution in [0.5, 0.6) is 0 Å². The maximum Gasteiger partial charge on any atom is 0.243 e. The van der Waals surface area contributed by atoms with Gasteiger partial charge in [-0.2, -0.15) is 0 Å². The van der Waals surface area contributed by atoms with Crippen molar-refractivity contribution in [2.75, 3.05) is 0 Å². The van der Waals surface area contributed by atoms with Crippen LogP contribution in [-0.4, -0.2) is 26.4 Å². The van der Waals surface area contributed by atoms with Crippen molar-refractivity contribution in [1.29, 1.82) is 0 Å². The van der Waals surface area contributed by atoms with Crippen LogP contribution in [0.4, 0.5) is 0 Å². The monoisotopic (exact) mass is 429 g/mol. The number of hydrogen-bond donors (Lipinski definition) is 0. The molecule has 4 heteroatoms. The van der Waals surface area contributed by atoms with Gasteiger partial charge in [-0.05, 0) is 43.4 Å². The second kappa shape index (κ2) is 9.89. The number of hydrogen-bond acceptors (Lipinski definition) is 2. The summed E-state index contributed by atoms with van der Waals surface area (Å²) in [7, 11) is 0. The highest BCUT2D eigenvalue weighted by Gasteiger charge is 2.28. The number of aromatic nitrogens is 2. The molecule has 0 radical (unpaired) electrons. The van der Waals surface area contributed by atoms with Gasteiger partial charge < -0.3 is 9.47 Å². The van der Waals surface area contributed by atoms with Crippen LogP contribution in [0.2, 0.25) is 0 Å². The van der Waals surface area contributed by atoms with Gasteiger partial charge in [-0.3, -0.25) is 4.79 Å². The van der Waals surface area contributed by atoms with Gasteiger partial charge in [0.15, 0.2) is 0 Å². The number of carbonyl (C=O) groups excluding carboxylic acids is 1. The molecule has 0 unspecified atom stereocenters. The minimum Gasteiger partial charge on any atom is -0.334 e. The van der Waals surface area contributed by atoms with E-state index in [4.69, 9.17) is 4.98 Å². The van der Waals surface area contributed by atoms with Crippen molar-refractivity contribution < 1.29 is 4.79 Å². The Kier molecular flexibility index (Phi) is 6.56. The second-order valence-corrected chi connectivity index (χ2v) is 9.68. The summed E-state index contributed by atoms with van der Waals surface area (Å²) in [5, 5.41) is 0. The van der Waals surface area contributed by atoms with E-state index in [1.807, 2.05) is 6.07 Å². The fourth-order valence-electron chi connectivity index (χ4n) is 5.75. The van der Waals surface area contributed by atoms with Gasteiger partial charge in [0.25, 0.3) is 0 Å². The maximum atomic E-state index is 13.9. The van der Waals surface area contributed by atoms with Crippen LogP contribution in [0, 0.1) is 0 Å². The lowest BCUT2D eigenvalue weighted by molar-refractivity contribution is -0.135. The van der Waals surface area contributed by atoms with Crippen molar-refractivity contribution in [2.45, 2.75) is 89.3 Å². The smallest absolute Gasteiger partial charge is 0.243 e. The fraction of sp³-hybridized carbons (Fsp3) is 0.500. The predicted molar refractivity (Wildman–Crippen MR) is 129 cm³/mol. The van der Waals surface area contributed by atoms with Crippen LogP contribution in [0.1, 0.15) is 81.5 Å². The van der Waals surface area contributed by atoms with Crippen LogP contribution < -0.4 is 0 Å². The molecule has 2 aromatic carbocycles. The van der Waals surface area contributed by atoms with Crippen molar-refractivity contribution in [2.24, 2.45) is 0 Å². The van der Waals surface area contributed by atoms with Crippen molar-refractivity contribution in [3.05, 3.63) is 66.0 Å². The summed E-state index contributed by atoms with van der Waals surface area (Å²) in [4.78, 5) is 21.1. The van der Waals surface area contributed by atoms with Crippen molar-refractivity contribution in [3.63, 3.8) is 0 Å². The van der Waals surface area contributed by atoms with Gasteiger partial charge in [0, 0.05) is 18.5 Å². The highest BCUT2D eigenvalue weighted by Crippen LogP contribution is 2.34. The topological polar surface area (TPSA) is 38.1 Å². The first-order valence-electron chi connectivity index (χ1n) is 12.6. The molecule has 0 N–H and O–H groups in total. The van der Waals surface area contributed by atoms with E-state index in [0.717, 1.165) is 29.7 Å². The molecule has 2 fully saturated rings. The van der Waals surface area contributed by atoms with E-state index in [-0.39, 0.29) is 5.91 Å². The first-order valence-corrected chi connectivity index (χ1v) is 12.6. The van der Waals surface area contributed by atoms with Gasteiger partial charge in [0.1, 0.15) is 12.4 Å². The Morgan fingerprint density at radius 1 is 0.844 bits per heavy atom. The Bertz CT molecular complexity index is 1030. The van der Waals surface area contributed by atoms with E-state index < -0.39 is 0 Å². The molecule has 0 saturated heterocycles. The Morgan fingerprint density at radius 2 is 1.50 bits per heavy atom. The first kappa shape index (κ1) is 21.2. The molecule has 0 spiro atoms. The van der Waals surface area contributed by atoms with Gasteiger partial charge in [-0.1, -0.05) is 81.0 Å². The third-order valence-electron chi connectivity index (χ3n) is 7.48. The molecule has 168 valence electrons. The average Bonchev–Trinajstić information content (AvgIpc) is 3.22. The molecule has 3 aromatic rings. The highest BCUT2D eigenvalue weighted by molar-refractivity contribution is 5.81. The molecular weight excluding hydrogens is 394 g/mol. The van der Waals surface area contributed by atoms with E-state index in [9.17, 15) is 4.79 Å². The van der Waals surface area contributed by atoms with Gasteiger partial charge in [0.2, 0.25) is 5.91 Å². The summed E-state index contributed by atoms with van der Waals surface area (Å²) in [5.41, 5.74) is 3.34. The van der Waals surface area contributed by atoms with Gasteiger partial charge in [-0.25, -0.2) is 4.98 Å². The lowest BCUT2D eigenvalue weighted by Crippen LogP contribution is -2.42. The zero-order chi connectivity index (χ0) is 21.8. The standard InChI is InChI=1S/C28H35N3O/c32-27(30(24-16-8-3-9-17-24)20-22-12-4-1-5-13-22)21-31-26-19-11-10-18-25(26)29-28(31)23-14-6-2-7-15-23/h1,4-5,10-13,18-19,23-24H,2-3,6-9,14-17,20-21H2. The Labute approximate surface area is 191 Å². The van der Waals surface area contributed by atoms with Crippen molar-refractivity contribution in [3.8, 4) is 0 Å². The van der Waals surface area contributed by atoms with E-state index >= 15 is 0 Å². The molecule has 0 aliphatic heterocycles. The van der Waals surface area contributed by atoms with E-state index in [1.54, 1.807) is 0 Å². The van der Waals surface area contributed by atoms with E-state index in [1.165, 1.54) is 56.9 Å². The number of carbonyl (C=O) groups is 1. The number of rotatable bonds is 6. The predicted octanol–water partition coefficient (Wildman–Crippen LogP) is 6.45. The minimum absolute atomic E-state index is 0.237. The lowest BCUT2D eigenvalue weighted by atomic mass is 9.88. The Balaban J connectivity index is 1.45. The molecule has 2 aliphatic carbocycles. The molecule has 1 aromatic heterocycles. The SMILES string of the molecule is O=C(Cn1c(C2CCCCC2)nc2ccccc21)N(Cc1ccccc1)C1CCCCC1. The number of imidazole rings is 1. The minimum atomic E-state index is 0.237. The number of nitrogens with zero attached hydrogens (tertiary/aromatic N) is 3. The van der Waals surface area contributed by atoms with E-state index in [2.05, 4.69) is 58.0 Å². The summed E-state index contributed by atoms with van der Waals surface area (Å²) >= 11 is 0. The molecule has 0 atom stereocenters. The third kappa shape index (κ3) is 4.60. The normalized spacial score (nSPS) is 18.1. The third-order valence-corrected chi connectivity index (χ3v) is 7.48. The zero-order valence-corrected chi connectivity index (χ0v) is 19.1. The summed E-state index contributed by atoms with van der Waals surface area (Å²) in [6.45, 7) is 1.10. The van der Waals surface area contributed by atoms with Crippen LogP contribution in [0.15, 0.2) is 54.6 Å². The fourth-order valence-corrected chi connectivity index (χ4v) is 5.75. The molecule has 1 amide bonds. The maximum absolute atomic E-state index is 13.9. The highest BCUT2D eigenvalue weighted by atomic mass is 16.2. The summed E-state index contributed by atoms with van der Waals surface area (Å²) in [6.07, 6.45) is 12.2. The second-order valence-electron chi connectivity index (χ2n) is 9.68. The molecule has 4 nitrogen and oxygen atoms in total. The van der Waals surface area contributed by atoms with Crippen LogP contribution >= 0.6 is 0 Å². The molecule has 2 aliphatic rings. The van der Waals surface area contributed by atoms with Crippen molar-refractivity contribution >= 4 is 16.9 Å². The van der Waals surface area contributed by atoms with Gasteiger partial charge in [0.05, 0.1) is 11.0 Å². The molecule has 32 heavy (non-hydrogen) atoms. The Morgan fingerprint density at radius 3 is 2.25 bits per heavy atom. The molecule has 0 bridgehead atoms. The molecule has 5 rings (SSSR count). The van der Waals surface area contributed by atoms with Gasteiger partial charge in [-0.15, -0.1) is 0 Å². The van der Waals surface area contributed by atoms with Crippen LogP contribution in [0.25, 0.3) is 11.0 Å². The number of benzene rings is 2. The molecule has 1 heterocycles. The van der Waals surface area contributed by atoms with Crippen LogP contribution in [-0.2, 0) is 17.9 Å². The average molecular weight is 430 g/mol. The largest absolute Gasteiger partial charge is 0.334 e. The summed E-state index contributed by atoms with van der Waals surface area (Å²) in [5.74, 6) is 1.84. The zero-order valence-electron chi connectivity index (χ0n) is 19.1. The van der Waals surface area contributed by atoms with Gasteiger partial charge >= 0.3 is 0 Å². The summed E-state index contributed by atoms with van der Waals surface area (Å²) in [6, 6.07) is 19.2. The number of para-hydroxylation sites is 2. The number of fused-ring (bicyclic) bond motifs is 1. The summed E-state index contributed by atoms with van der Waals surface area (Å²) < 4.78 is 2.24. The number of amides is 1. The molecule has 2 saturated carbocycles. The van der Waals surface area contributed by atoms with E-state index in [0.29, 0.717) is 25.0 Å². The van der Waals surface area contributed by atoms with Crippen LogP contribution in [0.3, 0.4) is 0 Å². The Hall–Kier alpha value is -2.62. The quantitative estimate of drug-likeness (QED) is 0.452. The lowest BCUT2D eigenvalue weighted by Gasteiger charge is -2.35. The van der Waals surface area contributed by atoms with Crippen molar-refractivity contribution in [1.82, 2.24) is 14.5 Å². The first-order chi connectivity index (χ1) is 15.8. The molecular formula is C28H35N3O.